The van der Waals surface area contributed by atoms with Gasteiger partial charge in [-0.05, 0) is 25.3 Å². The second kappa shape index (κ2) is 6.39. The van der Waals surface area contributed by atoms with E-state index in [4.69, 9.17) is 5.11 Å². The van der Waals surface area contributed by atoms with Gasteiger partial charge in [-0.25, -0.2) is 4.79 Å². The lowest BCUT2D eigenvalue weighted by atomic mass is 10.3. The first-order valence-corrected chi connectivity index (χ1v) is 6.55. The van der Waals surface area contributed by atoms with Crippen molar-refractivity contribution in [3.8, 4) is 0 Å². The number of urea groups is 1. The number of carboxylic acids is 1. The summed E-state index contributed by atoms with van der Waals surface area (Å²) >= 11 is 1.58. The monoisotopic (exact) mass is 270 g/mol. The third kappa shape index (κ3) is 4.03. The van der Waals surface area contributed by atoms with Gasteiger partial charge in [-0.3, -0.25) is 4.79 Å². The van der Waals surface area contributed by atoms with E-state index in [2.05, 4.69) is 0 Å². The van der Waals surface area contributed by atoms with Crippen molar-refractivity contribution in [3.63, 3.8) is 0 Å². The topological polar surface area (TPSA) is 60.9 Å². The lowest BCUT2D eigenvalue weighted by molar-refractivity contribution is -0.137. The van der Waals surface area contributed by atoms with E-state index >= 15 is 0 Å². The van der Waals surface area contributed by atoms with Crippen LogP contribution in [-0.2, 0) is 11.3 Å². The Labute approximate surface area is 111 Å². The van der Waals surface area contributed by atoms with Crippen LogP contribution in [-0.4, -0.2) is 46.5 Å². The minimum atomic E-state index is -1.01. The molecule has 100 valence electrons. The number of amides is 2. The van der Waals surface area contributed by atoms with Gasteiger partial charge in [-0.2, -0.15) is 0 Å². The van der Waals surface area contributed by atoms with Crippen LogP contribution >= 0.6 is 11.3 Å². The van der Waals surface area contributed by atoms with E-state index in [1.165, 1.54) is 11.9 Å². The lowest BCUT2D eigenvalue weighted by Gasteiger charge is -2.30. The number of carboxylic acid groups (broad SMARTS) is 1. The van der Waals surface area contributed by atoms with Crippen LogP contribution in [0.1, 0.15) is 18.7 Å². The summed E-state index contributed by atoms with van der Waals surface area (Å²) < 4.78 is 0. The number of hydrogen-bond acceptors (Lipinski definition) is 3. The molecule has 0 aliphatic rings. The van der Waals surface area contributed by atoms with Crippen LogP contribution in [0.5, 0.6) is 0 Å². The van der Waals surface area contributed by atoms with E-state index in [1.807, 2.05) is 31.4 Å². The lowest BCUT2D eigenvalue weighted by Crippen LogP contribution is -2.45. The predicted molar refractivity (Wildman–Crippen MR) is 70.7 cm³/mol. The second-order valence-electron chi connectivity index (χ2n) is 4.33. The SMILES string of the molecule is CC(C)N(Cc1cccs1)C(=O)N(C)CC(=O)O. The molecule has 1 aromatic rings. The van der Waals surface area contributed by atoms with Crippen molar-refractivity contribution in [2.24, 2.45) is 0 Å². The Balaban J connectivity index is 2.72. The Morgan fingerprint density at radius 3 is 2.56 bits per heavy atom. The number of carbonyl (C=O) groups is 2. The predicted octanol–water partition coefficient (Wildman–Crippen LogP) is 2.09. The zero-order valence-electron chi connectivity index (χ0n) is 10.8. The molecule has 0 saturated heterocycles. The Bertz CT molecular complexity index is 403. The first-order chi connectivity index (χ1) is 8.41. The number of aliphatic carboxylic acids is 1. The van der Waals surface area contributed by atoms with Gasteiger partial charge in [0.15, 0.2) is 0 Å². The maximum absolute atomic E-state index is 12.1. The fraction of sp³-hybridized carbons (Fsp3) is 0.500. The molecule has 0 aromatic carbocycles. The van der Waals surface area contributed by atoms with Crippen molar-refractivity contribution >= 4 is 23.3 Å². The Kier molecular flexibility index (Phi) is 5.15. The third-order valence-corrected chi connectivity index (χ3v) is 3.34. The first kappa shape index (κ1) is 14.5. The summed E-state index contributed by atoms with van der Waals surface area (Å²) in [7, 11) is 1.50. The zero-order chi connectivity index (χ0) is 13.7. The molecular weight excluding hydrogens is 252 g/mol. The molecule has 18 heavy (non-hydrogen) atoms. The maximum atomic E-state index is 12.1. The number of hydrogen-bond donors (Lipinski definition) is 1. The number of likely N-dealkylation sites (N-methyl/N-ethyl adjacent to an activating group) is 1. The average Bonchev–Trinajstić information content (AvgIpc) is 2.76. The van der Waals surface area contributed by atoms with Gasteiger partial charge >= 0.3 is 12.0 Å². The molecular formula is C12H18N2O3S. The van der Waals surface area contributed by atoms with E-state index in [-0.39, 0.29) is 18.6 Å². The molecule has 6 heteroatoms. The molecule has 2 amide bonds. The third-order valence-electron chi connectivity index (χ3n) is 2.47. The molecule has 1 aromatic heterocycles. The molecule has 0 fully saturated rings. The van der Waals surface area contributed by atoms with E-state index in [1.54, 1.807) is 16.2 Å². The van der Waals surface area contributed by atoms with Crippen LogP contribution in [0.25, 0.3) is 0 Å². The summed E-state index contributed by atoms with van der Waals surface area (Å²) in [6.07, 6.45) is 0. The minimum absolute atomic E-state index is 0.0239. The van der Waals surface area contributed by atoms with Crippen molar-refractivity contribution in [1.82, 2.24) is 9.80 Å². The second-order valence-corrected chi connectivity index (χ2v) is 5.37. The minimum Gasteiger partial charge on any atom is -0.480 e. The molecule has 1 N–H and O–H groups in total. The number of rotatable bonds is 5. The van der Waals surface area contributed by atoms with Gasteiger partial charge in [0.1, 0.15) is 6.54 Å². The number of carbonyl (C=O) groups excluding carboxylic acids is 1. The molecule has 0 radical (unpaired) electrons. The van der Waals surface area contributed by atoms with Crippen molar-refractivity contribution in [1.29, 1.82) is 0 Å². The molecule has 1 rings (SSSR count). The highest BCUT2D eigenvalue weighted by atomic mass is 32.1. The first-order valence-electron chi connectivity index (χ1n) is 5.67. The fourth-order valence-electron chi connectivity index (χ4n) is 1.53. The molecule has 1 heterocycles. The molecule has 0 spiro atoms. The van der Waals surface area contributed by atoms with Crippen LogP contribution < -0.4 is 0 Å². The number of nitrogens with zero attached hydrogens (tertiary/aromatic N) is 2. The normalized spacial score (nSPS) is 10.4. The van der Waals surface area contributed by atoms with Gasteiger partial charge in [-0.15, -0.1) is 11.3 Å². The van der Waals surface area contributed by atoms with Crippen LogP contribution in [0.2, 0.25) is 0 Å². The summed E-state index contributed by atoms with van der Waals surface area (Å²) in [5.74, 6) is -1.01. The zero-order valence-corrected chi connectivity index (χ0v) is 11.6. The Morgan fingerprint density at radius 1 is 1.44 bits per heavy atom. The van der Waals surface area contributed by atoms with Crippen molar-refractivity contribution in [3.05, 3.63) is 22.4 Å². The average molecular weight is 270 g/mol. The van der Waals surface area contributed by atoms with Crippen LogP contribution in [0.3, 0.4) is 0 Å². The van der Waals surface area contributed by atoms with Crippen LogP contribution in [0, 0.1) is 0 Å². The van der Waals surface area contributed by atoms with Crippen molar-refractivity contribution in [2.45, 2.75) is 26.4 Å². The highest BCUT2D eigenvalue weighted by molar-refractivity contribution is 7.09. The molecule has 5 nitrogen and oxygen atoms in total. The van der Waals surface area contributed by atoms with E-state index < -0.39 is 5.97 Å². The van der Waals surface area contributed by atoms with E-state index in [0.29, 0.717) is 6.54 Å². The smallest absolute Gasteiger partial charge is 0.323 e. The van der Waals surface area contributed by atoms with Crippen LogP contribution in [0.4, 0.5) is 4.79 Å². The Morgan fingerprint density at radius 2 is 2.11 bits per heavy atom. The summed E-state index contributed by atoms with van der Waals surface area (Å²) in [4.78, 5) is 26.7. The maximum Gasteiger partial charge on any atom is 0.323 e. The van der Waals surface area contributed by atoms with Gasteiger partial charge in [0.05, 0.1) is 6.54 Å². The largest absolute Gasteiger partial charge is 0.480 e. The van der Waals surface area contributed by atoms with E-state index in [9.17, 15) is 9.59 Å². The summed E-state index contributed by atoms with van der Waals surface area (Å²) in [6.45, 7) is 4.06. The van der Waals surface area contributed by atoms with Gasteiger partial charge in [0, 0.05) is 18.0 Å². The molecule has 0 atom stereocenters. The molecule has 0 saturated carbocycles. The molecule has 0 unspecified atom stereocenters. The van der Waals surface area contributed by atoms with Gasteiger partial charge < -0.3 is 14.9 Å². The standard InChI is InChI=1S/C12H18N2O3S/c1-9(2)14(7-10-5-4-6-18-10)12(17)13(3)8-11(15)16/h4-6,9H,7-8H2,1-3H3,(H,15,16). The highest BCUT2D eigenvalue weighted by Crippen LogP contribution is 2.15. The highest BCUT2D eigenvalue weighted by Gasteiger charge is 2.22. The van der Waals surface area contributed by atoms with Crippen LogP contribution in [0.15, 0.2) is 17.5 Å². The van der Waals surface area contributed by atoms with Gasteiger partial charge in [0.25, 0.3) is 0 Å². The van der Waals surface area contributed by atoms with Gasteiger partial charge in [-0.1, -0.05) is 6.07 Å². The fourth-order valence-corrected chi connectivity index (χ4v) is 2.23. The van der Waals surface area contributed by atoms with Gasteiger partial charge in [0.2, 0.25) is 0 Å². The van der Waals surface area contributed by atoms with E-state index in [0.717, 1.165) is 4.88 Å². The molecule has 0 aliphatic carbocycles. The Hall–Kier alpha value is -1.56. The summed E-state index contributed by atoms with van der Waals surface area (Å²) in [6, 6.07) is 3.66. The molecule has 0 aliphatic heterocycles. The molecule has 0 bridgehead atoms. The summed E-state index contributed by atoms with van der Waals surface area (Å²) in [5, 5.41) is 10.7. The summed E-state index contributed by atoms with van der Waals surface area (Å²) in [5.41, 5.74) is 0. The van der Waals surface area contributed by atoms with Crippen molar-refractivity contribution < 1.29 is 14.7 Å². The number of thiophene rings is 1. The van der Waals surface area contributed by atoms with Crippen molar-refractivity contribution in [2.75, 3.05) is 13.6 Å². The quantitative estimate of drug-likeness (QED) is 0.891.